The van der Waals surface area contributed by atoms with E-state index in [9.17, 15) is 13.2 Å². The minimum absolute atomic E-state index is 0.139. The Balaban J connectivity index is 1.45. The number of rotatable bonds is 7. The summed E-state index contributed by atoms with van der Waals surface area (Å²) in [6, 6.07) is 8.58. The van der Waals surface area contributed by atoms with E-state index in [0.29, 0.717) is 54.5 Å². The van der Waals surface area contributed by atoms with Crippen LogP contribution in [0.4, 0.5) is 5.69 Å². The highest BCUT2D eigenvalue weighted by molar-refractivity contribution is 7.91. The molecule has 170 valence electrons. The molecule has 0 aliphatic carbocycles. The third kappa shape index (κ3) is 4.69. The lowest BCUT2D eigenvalue weighted by atomic mass is 9.99. The highest BCUT2D eigenvalue weighted by atomic mass is 32.2. The van der Waals surface area contributed by atoms with Crippen LogP contribution in [0.1, 0.15) is 25.7 Å². The van der Waals surface area contributed by atoms with Crippen LogP contribution in [0, 0.1) is 5.92 Å². The number of nitrogens with one attached hydrogen (secondary N) is 1. The lowest BCUT2D eigenvalue weighted by molar-refractivity contribution is -0.120. The Labute approximate surface area is 190 Å². The van der Waals surface area contributed by atoms with Gasteiger partial charge in [-0.3, -0.25) is 4.79 Å². The van der Waals surface area contributed by atoms with Crippen molar-refractivity contribution in [2.75, 3.05) is 25.5 Å². The summed E-state index contributed by atoms with van der Waals surface area (Å²) < 4.78 is 38.3. The Morgan fingerprint density at radius 1 is 1.34 bits per heavy atom. The Bertz CT molecular complexity index is 1190. The van der Waals surface area contributed by atoms with E-state index in [1.54, 1.807) is 42.8 Å². The molecule has 2 aromatic heterocycles. The Kier molecular flexibility index (Phi) is 6.58. The largest absolute Gasteiger partial charge is 0.497 e. The molecular formula is C21H24N4O5S2. The number of hydrogen-bond acceptors (Lipinski definition) is 8. The quantitative estimate of drug-likeness (QED) is 0.556. The molecule has 0 radical (unpaired) electrons. The first-order valence-corrected chi connectivity index (χ1v) is 12.6. The number of amides is 1. The van der Waals surface area contributed by atoms with Crippen LogP contribution in [0.15, 0.2) is 44.4 Å². The van der Waals surface area contributed by atoms with E-state index in [4.69, 9.17) is 9.26 Å². The second-order valence-corrected chi connectivity index (χ2v) is 10.5. The van der Waals surface area contributed by atoms with Crippen molar-refractivity contribution in [3.63, 3.8) is 0 Å². The minimum atomic E-state index is -3.73. The zero-order valence-electron chi connectivity index (χ0n) is 17.8. The van der Waals surface area contributed by atoms with E-state index >= 15 is 0 Å². The molecule has 0 spiro atoms. The van der Waals surface area contributed by atoms with Crippen LogP contribution in [-0.2, 0) is 21.2 Å². The average molecular weight is 477 g/mol. The van der Waals surface area contributed by atoms with Crippen LogP contribution in [0.3, 0.4) is 0 Å². The SMILES string of the molecule is CCc1nc(-c2csc(S(=O)(=O)N3CCC[C@H](C(=O)Nc4ccc(OC)cc4)C3)c2)no1. The number of aryl methyl sites for hydroxylation is 1. The van der Waals surface area contributed by atoms with Crippen molar-refractivity contribution in [1.82, 2.24) is 14.4 Å². The Hall–Kier alpha value is -2.76. The molecule has 32 heavy (non-hydrogen) atoms. The van der Waals surface area contributed by atoms with Gasteiger partial charge in [0.15, 0.2) is 0 Å². The average Bonchev–Trinajstić information content (AvgIpc) is 3.49. The summed E-state index contributed by atoms with van der Waals surface area (Å²) in [5, 5.41) is 8.47. The maximum atomic E-state index is 13.2. The number of ether oxygens (including phenoxy) is 1. The minimum Gasteiger partial charge on any atom is -0.497 e. The molecule has 0 saturated carbocycles. The van der Waals surface area contributed by atoms with Crippen molar-refractivity contribution in [3.8, 4) is 17.1 Å². The van der Waals surface area contributed by atoms with Crippen LogP contribution < -0.4 is 10.1 Å². The molecule has 1 saturated heterocycles. The first-order chi connectivity index (χ1) is 15.4. The number of methoxy groups -OCH3 is 1. The van der Waals surface area contributed by atoms with Gasteiger partial charge in [-0.25, -0.2) is 8.42 Å². The molecule has 0 unspecified atom stereocenters. The Morgan fingerprint density at radius 2 is 2.12 bits per heavy atom. The van der Waals surface area contributed by atoms with E-state index < -0.39 is 15.9 Å². The summed E-state index contributed by atoms with van der Waals surface area (Å²) >= 11 is 1.11. The number of anilines is 1. The van der Waals surface area contributed by atoms with Gasteiger partial charge in [-0.2, -0.15) is 9.29 Å². The second-order valence-electron chi connectivity index (χ2n) is 7.44. The smallest absolute Gasteiger partial charge is 0.252 e. The molecule has 3 heterocycles. The number of carbonyl (C=O) groups is 1. The van der Waals surface area contributed by atoms with Gasteiger partial charge in [-0.1, -0.05) is 12.1 Å². The molecular weight excluding hydrogens is 452 g/mol. The third-order valence-corrected chi connectivity index (χ3v) is 8.59. The van der Waals surface area contributed by atoms with Crippen LogP contribution in [0.2, 0.25) is 0 Å². The van der Waals surface area contributed by atoms with Gasteiger partial charge in [0, 0.05) is 36.1 Å². The van der Waals surface area contributed by atoms with Crippen molar-refractivity contribution in [1.29, 1.82) is 0 Å². The number of nitrogens with zero attached hydrogens (tertiary/aromatic N) is 3. The molecule has 1 aromatic carbocycles. The summed E-state index contributed by atoms with van der Waals surface area (Å²) in [7, 11) is -2.15. The van der Waals surface area contributed by atoms with Crippen molar-refractivity contribution in [3.05, 3.63) is 41.6 Å². The highest BCUT2D eigenvalue weighted by Gasteiger charge is 2.34. The fourth-order valence-electron chi connectivity index (χ4n) is 3.51. The van der Waals surface area contributed by atoms with Crippen molar-refractivity contribution in [2.45, 2.75) is 30.4 Å². The Morgan fingerprint density at radius 3 is 2.81 bits per heavy atom. The lowest BCUT2D eigenvalue weighted by Gasteiger charge is -2.30. The summed E-state index contributed by atoms with van der Waals surface area (Å²) in [5.41, 5.74) is 1.24. The van der Waals surface area contributed by atoms with E-state index in [1.807, 2.05) is 6.92 Å². The maximum absolute atomic E-state index is 13.2. The molecule has 1 fully saturated rings. The summed E-state index contributed by atoms with van der Waals surface area (Å²) in [6.45, 7) is 2.42. The number of piperidine rings is 1. The van der Waals surface area contributed by atoms with Crippen molar-refractivity contribution < 1.29 is 22.5 Å². The van der Waals surface area contributed by atoms with Gasteiger partial charge in [0.2, 0.25) is 17.6 Å². The topological polar surface area (TPSA) is 115 Å². The molecule has 3 aromatic rings. The molecule has 1 amide bonds. The first-order valence-electron chi connectivity index (χ1n) is 10.3. The summed E-state index contributed by atoms with van der Waals surface area (Å²) in [4.78, 5) is 17.0. The molecule has 1 aliphatic heterocycles. The van der Waals surface area contributed by atoms with Crippen molar-refractivity contribution >= 4 is 33.0 Å². The third-order valence-electron chi connectivity index (χ3n) is 5.31. The summed E-state index contributed by atoms with van der Waals surface area (Å²) in [6.07, 6.45) is 1.85. The normalized spacial score (nSPS) is 17.2. The number of carbonyl (C=O) groups excluding carboxylic acids is 1. The molecule has 11 heteroatoms. The standard InChI is InChI=1S/C21H24N4O5S2/c1-3-18-23-20(24-30-18)15-11-19(31-13-15)32(27,28)25-10-4-5-14(12-25)21(26)22-16-6-8-17(29-2)9-7-16/h6-9,11,13-14H,3-5,10,12H2,1-2H3,(H,22,26)/t14-/m0/s1. The van der Waals surface area contributed by atoms with Gasteiger partial charge < -0.3 is 14.6 Å². The van der Waals surface area contributed by atoms with E-state index in [1.165, 1.54) is 4.31 Å². The predicted molar refractivity (Wildman–Crippen MR) is 120 cm³/mol. The fraction of sp³-hybridized carbons (Fsp3) is 0.381. The molecule has 9 nitrogen and oxygen atoms in total. The number of aromatic nitrogens is 2. The number of sulfonamides is 1. The van der Waals surface area contributed by atoms with Gasteiger partial charge in [0.25, 0.3) is 10.0 Å². The molecule has 4 rings (SSSR count). The van der Waals surface area contributed by atoms with E-state index in [-0.39, 0.29) is 16.7 Å². The summed E-state index contributed by atoms with van der Waals surface area (Å²) in [5.74, 6) is 0.942. The molecule has 1 N–H and O–H groups in total. The number of benzene rings is 1. The van der Waals surface area contributed by atoms with E-state index in [2.05, 4.69) is 15.5 Å². The van der Waals surface area contributed by atoms with Gasteiger partial charge in [-0.05, 0) is 43.2 Å². The van der Waals surface area contributed by atoms with Crippen LogP contribution >= 0.6 is 11.3 Å². The van der Waals surface area contributed by atoms with Crippen molar-refractivity contribution in [2.24, 2.45) is 5.92 Å². The molecule has 1 atom stereocenters. The molecule has 1 aliphatic rings. The predicted octanol–water partition coefficient (Wildman–Crippen LogP) is 3.41. The van der Waals surface area contributed by atoms with Gasteiger partial charge in [0.05, 0.1) is 13.0 Å². The number of thiophene rings is 1. The maximum Gasteiger partial charge on any atom is 0.252 e. The zero-order valence-corrected chi connectivity index (χ0v) is 19.4. The fourth-order valence-corrected chi connectivity index (χ4v) is 6.34. The monoisotopic (exact) mass is 476 g/mol. The molecule has 0 bridgehead atoms. The van der Waals surface area contributed by atoms with E-state index in [0.717, 1.165) is 11.3 Å². The zero-order chi connectivity index (χ0) is 22.7. The van der Waals surface area contributed by atoms with Crippen LogP contribution in [-0.4, -0.2) is 49.0 Å². The van der Waals surface area contributed by atoms with Crippen LogP contribution in [0.5, 0.6) is 5.75 Å². The lowest BCUT2D eigenvalue weighted by Crippen LogP contribution is -2.43. The van der Waals surface area contributed by atoms with Crippen LogP contribution in [0.25, 0.3) is 11.4 Å². The highest BCUT2D eigenvalue weighted by Crippen LogP contribution is 2.31. The second kappa shape index (κ2) is 9.39. The first kappa shape index (κ1) is 22.4. The van der Waals surface area contributed by atoms with Gasteiger partial charge in [-0.15, -0.1) is 11.3 Å². The van der Waals surface area contributed by atoms with Gasteiger partial charge >= 0.3 is 0 Å². The van der Waals surface area contributed by atoms with Gasteiger partial charge in [0.1, 0.15) is 9.96 Å². The number of hydrogen-bond donors (Lipinski definition) is 1.